The molecule has 4 heteroatoms. The Balaban J connectivity index is 1.93. The third-order valence-electron chi connectivity index (χ3n) is 5.05. The predicted octanol–water partition coefficient (Wildman–Crippen LogP) is 5.06. The zero-order valence-electron chi connectivity index (χ0n) is 16.9. The lowest BCUT2D eigenvalue weighted by Gasteiger charge is -2.21. The number of fused-ring (bicyclic) bond motifs is 2. The number of rotatable bonds is 0. The van der Waals surface area contributed by atoms with E-state index in [0.29, 0.717) is 12.0 Å². The molecule has 0 aliphatic carbocycles. The fourth-order valence-corrected chi connectivity index (χ4v) is 3.71. The van der Waals surface area contributed by atoms with E-state index in [0.717, 1.165) is 17.5 Å². The van der Waals surface area contributed by atoms with Crippen LogP contribution in [0.15, 0.2) is 36.4 Å². The zero-order valence-corrected chi connectivity index (χ0v) is 16.9. The van der Waals surface area contributed by atoms with Crippen LogP contribution in [-0.4, -0.2) is 30.1 Å². The minimum absolute atomic E-state index is 0.00123. The molecule has 146 valence electrons. The SMILES string of the molecule is Cc1ccc2c(c1)C=CC[C@@H]1OC(C)(C)O[C@@H]1C(C)/C=C\C[C@H](C)OC2=O. The highest BCUT2D eigenvalue weighted by Gasteiger charge is 2.42. The van der Waals surface area contributed by atoms with E-state index in [-0.39, 0.29) is 30.2 Å². The molecule has 1 unspecified atom stereocenters. The van der Waals surface area contributed by atoms with Crippen LogP contribution >= 0.6 is 0 Å². The van der Waals surface area contributed by atoms with Gasteiger partial charge in [-0.1, -0.05) is 48.9 Å². The fraction of sp³-hybridized carbons (Fsp3) is 0.522. The lowest BCUT2D eigenvalue weighted by atomic mass is 9.96. The molecule has 2 aliphatic rings. The number of cyclic esters (lactones) is 1. The van der Waals surface area contributed by atoms with E-state index in [1.807, 2.05) is 52.0 Å². The minimum atomic E-state index is -0.583. The van der Waals surface area contributed by atoms with Crippen LogP contribution in [-0.2, 0) is 14.2 Å². The number of ether oxygens (including phenoxy) is 3. The molecule has 0 N–H and O–H groups in total. The molecule has 2 heterocycles. The lowest BCUT2D eigenvalue weighted by molar-refractivity contribution is -0.148. The Hall–Kier alpha value is -1.91. The molecule has 0 amide bonds. The topological polar surface area (TPSA) is 44.8 Å². The number of esters is 1. The van der Waals surface area contributed by atoms with Crippen LogP contribution in [0, 0.1) is 12.8 Å². The summed E-state index contributed by atoms with van der Waals surface area (Å²) in [6.45, 7) is 10.0. The third kappa shape index (κ3) is 4.88. The summed E-state index contributed by atoms with van der Waals surface area (Å²) in [6, 6.07) is 5.80. The molecule has 1 saturated heterocycles. The first-order valence-corrected chi connectivity index (χ1v) is 9.75. The highest BCUT2D eigenvalue weighted by Crippen LogP contribution is 2.35. The van der Waals surface area contributed by atoms with Gasteiger partial charge >= 0.3 is 5.97 Å². The van der Waals surface area contributed by atoms with Crippen molar-refractivity contribution >= 4 is 12.0 Å². The molecular weight excluding hydrogens is 340 g/mol. The molecule has 27 heavy (non-hydrogen) atoms. The van der Waals surface area contributed by atoms with E-state index < -0.39 is 5.79 Å². The summed E-state index contributed by atoms with van der Waals surface area (Å²) < 4.78 is 17.9. The highest BCUT2D eigenvalue weighted by atomic mass is 16.8. The second-order valence-corrected chi connectivity index (χ2v) is 8.11. The van der Waals surface area contributed by atoms with Gasteiger partial charge < -0.3 is 14.2 Å². The molecule has 3 rings (SSSR count). The molecule has 0 radical (unpaired) electrons. The number of hydrogen-bond acceptors (Lipinski definition) is 4. The van der Waals surface area contributed by atoms with Crippen molar-refractivity contribution in [3.8, 4) is 0 Å². The van der Waals surface area contributed by atoms with Gasteiger partial charge in [0.1, 0.15) is 6.10 Å². The molecule has 4 atom stereocenters. The molecule has 1 aromatic rings. The van der Waals surface area contributed by atoms with Gasteiger partial charge in [-0.3, -0.25) is 0 Å². The third-order valence-corrected chi connectivity index (χ3v) is 5.05. The second kappa shape index (κ2) is 7.99. The van der Waals surface area contributed by atoms with Gasteiger partial charge in [0.2, 0.25) is 0 Å². The summed E-state index contributed by atoms with van der Waals surface area (Å²) in [5.41, 5.74) is 2.58. The molecule has 1 aromatic carbocycles. The van der Waals surface area contributed by atoms with Gasteiger partial charge in [0.15, 0.2) is 5.79 Å². The van der Waals surface area contributed by atoms with Crippen LogP contribution in [0.1, 0.15) is 62.0 Å². The largest absolute Gasteiger partial charge is 0.459 e. The standard InChI is InChI=1S/C23H30O4/c1-15-12-13-19-18(14-15)10-7-11-20-21(27-23(4,5)26-20)16(2)8-6-9-17(3)25-22(19)24/h6-8,10,12-14,16-17,20-21H,9,11H2,1-5H3/b8-6-,10-7?/t16?,17-,20-,21+/m0/s1. The Morgan fingerprint density at radius 2 is 1.85 bits per heavy atom. The number of hydrogen-bond donors (Lipinski definition) is 0. The van der Waals surface area contributed by atoms with Crippen molar-refractivity contribution in [2.24, 2.45) is 5.92 Å². The molecule has 0 saturated carbocycles. The summed E-state index contributed by atoms with van der Waals surface area (Å²) in [5.74, 6) is -0.647. The smallest absolute Gasteiger partial charge is 0.339 e. The number of aryl methyl sites for hydroxylation is 1. The number of carbonyl (C=O) groups excluding carboxylic acids is 1. The fourth-order valence-electron chi connectivity index (χ4n) is 3.71. The Bertz CT molecular complexity index is 747. The van der Waals surface area contributed by atoms with Gasteiger partial charge in [-0.25, -0.2) is 4.79 Å². The quantitative estimate of drug-likeness (QED) is 0.473. The molecular formula is C23H30O4. The van der Waals surface area contributed by atoms with Crippen LogP contribution in [0.25, 0.3) is 6.08 Å². The van der Waals surface area contributed by atoms with Crippen molar-refractivity contribution in [3.05, 3.63) is 53.1 Å². The van der Waals surface area contributed by atoms with Crippen molar-refractivity contribution in [1.29, 1.82) is 0 Å². The summed E-state index contributed by atoms with van der Waals surface area (Å²) in [6.07, 6.45) is 9.47. The van der Waals surface area contributed by atoms with E-state index in [1.165, 1.54) is 0 Å². The van der Waals surface area contributed by atoms with E-state index in [9.17, 15) is 4.79 Å². The summed E-state index contributed by atoms with van der Waals surface area (Å²) >= 11 is 0. The summed E-state index contributed by atoms with van der Waals surface area (Å²) in [5, 5.41) is 0. The van der Waals surface area contributed by atoms with Crippen molar-refractivity contribution < 1.29 is 19.0 Å². The van der Waals surface area contributed by atoms with E-state index in [4.69, 9.17) is 14.2 Å². The maximum Gasteiger partial charge on any atom is 0.339 e. The van der Waals surface area contributed by atoms with Gasteiger partial charge in [-0.15, -0.1) is 0 Å². The Kier molecular flexibility index (Phi) is 5.87. The van der Waals surface area contributed by atoms with Crippen molar-refractivity contribution in [3.63, 3.8) is 0 Å². The summed E-state index contributed by atoms with van der Waals surface area (Å²) in [7, 11) is 0. The minimum Gasteiger partial charge on any atom is -0.459 e. The average molecular weight is 370 g/mol. The Labute approximate surface area is 162 Å². The molecule has 1 fully saturated rings. The van der Waals surface area contributed by atoms with Gasteiger partial charge in [0.05, 0.1) is 17.8 Å². The number of benzene rings is 1. The Morgan fingerprint density at radius 1 is 1.07 bits per heavy atom. The van der Waals surface area contributed by atoms with Crippen molar-refractivity contribution in [1.82, 2.24) is 0 Å². The van der Waals surface area contributed by atoms with Gasteiger partial charge in [-0.05, 0) is 45.7 Å². The lowest BCUT2D eigenvalue weighted by Crippen LogP contribution is -2.28. The second-order valence-electron chi connectivity index (χ2n) is 8.11. The van der Waals surface area contributed by atoms with Crippen LogP contribution in [0.3, 0.4) is 0 Å². The first-order valence-electron chi connectivity index (χ1n) is 9.75. The van der Waals surface area contributed by atoms with Gasteiger partial charge in [0.25, 0.3) is 0 Å². The zero-order chi connectivity index (χ0) is 19.6. The maximum atomic E-state index is 12.6. The monoisotopic (exact) mass is 370 g/mol. The van der Waals surface area contributed by atoms with Gasteiger partial charge in [-0.2, -0.15) is 0 Å². The van der Waals surface area contributed by atoms with Crippen LogP contribution in [0.5, 0.6) is 0 Å². The van der Waals surface area contributed by atoms with E-state index in [1.54, 1.807) is 0 Å². The maximum absolute atomic E-state index is 12.6. The predicted molar refractivity (Wildman–Crippen MR) is 106 cm³/mol. The van der Waals surface area contributed by atoms with Crippen LogP contribution < -0.4 is 0 Å². The first kappa shape index (κ1) is 19.8. The van der Waals surface area contributed by atoms with E-state index >= 15 is 0 Å². The average Bonchev–Trinajstić information content (AvgIpc) is 2.89. The van der Waals surface area contributed by atoms with Crippen molar-refractivity contribution in [2.75, 3.05) is 0 Å². The normalized spacial score (nSPS) is 32.1. The molecule has 0 aromatic heterocycles. The first-order chi connectivity index (χ1) is 12.7. The molecule has 0 spiro atoms. The van der Waals surface area contributed by atoms with E-state index in [2.05, 4.69) is 25.2 Å². The molecule has 4 nitrogen and oxygen atoms in total. The van der Waals surface area contributed by atoms with Gasteiger partial charge in [0, 0.05) is 12.3 Å². The highest BCUT2D eigenvalue weighted by molar-refractivity contribution is 5.93. The van der Waals surface area contributed by atoms with Crippen LogP contribution in [0.4, 0.5) is 0 Å². The Morgan fingerprint density at radius 3 is 2.63 bits per heavy atom. The van der Waals surface area contributed by atoms with Crippen LogP contribution in [0.2, 0.25) is 0 Å². The van der Waals surface area contributed by atoms with Crippen molar-refractivity contribution in [2.45, 2.75) is 71.6 Å². The number of carbonyl (C=O) groups is 1. The molecule has 2 aliphatic heterocycles. The molecule has 0 bridgehead atoms. The summed E-state index contributed by atoms with van der Waals surface area (Å²) in [4.78, 5) is 12.6.